The Kier molecular flexibility index (Phi) is 5.37. The largest absolute Gasteiger partial charge is 0.351 e. The van der Waals surface area contributed by atoms with Crippen LogP contribution in [0.2, 0.25) is 0 Å². The van der Waals surface area contributed by atoms with Gasteiger partial charge in [0.25, 0.3) is 0 Å². The van der Waals surface area contributed by atoms with Gasteiger partial charge in [0.15, 0.2) is 0 Å². The van der Waals surface area contributed by atoms with Gasteiger partial charge in [0.1, 0.15) is 5.41 Å². The second-order valence-corrected chi connectivity index (χ2v) is 6.77. The van der Waals surface area contributed by atoms with Crippen molar-refractivity contribution in [1.29, 1.82) is 5.26 Å². The molecule has 0 radical (unpaired) electrons. The number of nitrogens with zero attached hydrogens (tertiary/aromatic N) is 2. The topological polar surface area (TPSA) is 56.1 Å². The van der Waals surface area contributed by atoms with E-state index in [4.69, 9.17) is 0 Å². The maximum absolute atomic E-state index is 12.3. The van der Waals surface area contributed by atoms with Crippen LogP contribution in [0.3, 0.4) is 0 Å². The number of amides is 1. The Morgan fingerprint density at radius 2 is 2.05 bits per heavy atom. The third-order valence-corrected chi connectivity index (χ3v) is 3.72. The maximum Gasteiger partial charge on any atom is 0.240 e. The first-order valence-electron chi connectivity index (χ1n) is 7.16. The van der Waals surface area contributed by atoms with Gasteiger partial charge in [-0.05, 0) is 45.2 Å². The molecule has 0 saturated heterocycles. The number of likely N-dealkylation sites (N-methyl/N-ethyl adjacent to an activating group) is 1. The van der Waals surface area contributed by atoms with Gasteiger partial charge >= 0.3 is 0 Å². The molecule has 1 saturated carbocycles. The Hall–Kier alpha value is -1.08. The van der Waals surface area contributed by atoms with Crippen LogP contribution in [0, 0.1) is 28.6 Å². The summed E-state index contributed by atoms with van der Waals surface area (Å²) < 4.78 is 0. The molecule has 0 aromatic carbocycles. The molecule has 0 spiro atoms. The predicted molar refractivity (Wildman–Crippen MR) is 76.4 cm³/mol. The summed E-state index contributed by atoms with van der Waals surface area (Å²) >= 11 is 0. The fourth-order valence-electron chi connectivity index (χ4n) is 2.97. The SMILES string of the molecule is CC(C)CC(CN(C)C)NC(=O)C1(C#N)CC(C)C1. The summed E-state index contributed by atoms with van der Waals surface area (Å²) in [6.45, 7) is 7.22. The minimum Gasteiger partial charge on any atom is -0.351 e. The summed E-state index contributed by atoms with van der Waals surface area (Å²) in [6.07, 6.45) is 2.35. The number of hydrogen-bond acceptors (Lipinski definition) is 3. The molecule has 19 heavy (non-hydrogen) atoms. The molecule has 108 valence electrons. The number of carbonyl (C=O) groups excluding carboxylic acids is 1. The molecule has 0 aromatic rings. The lowest BCUT2D eigenvalue weighted by Crippen LogP contribution is -2.53. The normalized spacial score (nSPS) is 27.8. The molecule has 4 nitrogen and oxygen atoms in total. The van der Waals surface area contributed by atoms with Crippen molar-refractivity contribution in [3.8, 4) is 6.07 Å². The Balaban J connectivity index is 2.63. The fourth-order valence-corrected chi connectivity index (χ4v) is 2.97. The smallest absolute Gasteiger partial charge is 0.240 e. The average Bonchev–Trinajstić information content (AvgIpc) is 2.22. The van der Waals surface area contributed by atoms with Crippen LogP contribution in [0.5, 0.6) is 0 Å². The molecule has 1 unspecified atom stereocenters. The van der Waals surface area contributed by atoms with Gasteiger partial charge < -0.3 is 10.2 Å². The molecular weight excluding hydrogens is 238 g/mol. The van der Waals surface area contributed by atoms with Crippen LogP contribution in [0.25, 0.3) is 0 Å². The Morgan fingerprint density at radius 1 is 1.47 bits per heavy atom. The van der Waals surface area contributed by atoms with Crippen LogP contribution >= 0.6 is 0 Å². The second kappa shape index (κ2) is 6.38. The average molecular weight is 265 g/mol. The van der Waals surface area contributed by atoms with E-state index in [2.05, 4.69) is 37.1 Å². The number of hydrogen-bond donors (Lipinski definition) is 1. The van der Waals surface area contributed by atoms with Gasteiger partial charge in [-0.25, -0.2) is 0 Å². The summed E-state index contributed by atoms with van der Waals surface area (Å²) in [5, 5.41) is 12.4. The zero-order valence-electron chi connectivity index (χ0n) is 12.9. The van der Waals surface area contributed by atoms with Crippen molar-refractivity contribution < 1.29 is 4.79 Å². The number of nitriles is 1. The molecule has 0 heterocycles. The van der Waals surface area contributed by atoms with E-state index in [1.54, 1.807) is 0 Å². The number of rotatable bonds is 6. The number of nitrogens with one attached hydrogen (secondary N) is 1. The van der Waals surface area contributed by atoms with Gasteiger partial charge in [0.2, 0.25) is 5.91 Å². The standard InChI is InChI=1S/C15H27N3O/c1-11(2)6-13(9-18(4)5)17-14(19)15(10-16)7-12(3)8-15/h11-13H,6-9H2,1-5H3,(H,17,19). The van der Waals surface area contributed by atoms with E-state index in [-0.39, 0.29) is 11.9 Å². The van der Waals surface area contributed by atoms with Crippen molar-refractivity contribution in [3.63, 3.8) is 0 Å². The summed E-state index contributed by atoms with van der Waals surface area (Å²) in [5.41, 5.74) is -0.763. The first-order chi connectivity index (χ1) is 8.79. The van der Waals surface area contributed by atoms with Crippen LogP contribution in [0.1, 0.15) is 40.0 Å². The van der Waals surface area contributed by atoms with Crippen molar-refractivity contribution in [2.75, 3.05) is 20.6 Å². The van der Waals surface area contributed by atoms with E-state index in [1.165, 1.54) is 0 Å². The van der Waals surface area contributed by atoms with E-state index in [0.717, 1.165) is 13.0 Å². The predicted octanol–water partition coefficient (Wildman–Crippen LogP) is 2.02. The fraction of sp³-hybridized carbons (Fsp3) is 0.867. The van der Waals surface area contributed by atoms with Gasteiger partial charge in [-0.15, -0.1) is 0 Å². The monoisotopic (exact) mass is 265 g/mol. The van der Waals surface area contributed by atoms with Crippen LogP contribution in [-0.4, -0.2) is 37.5 Å². The molecule has 1 fully saturated rings. The highest BCUT2D eigenvalue weighted by Crippen LogP contribution is 2.45. The van der Waals surface area contributed by atoms with Gasteiger partial charge in [-0.3, -0.25) is 4.79 Å². The highest BCUT2D eigenvalue weighted by atomic mass is 16.2. The lowest BCUT2D eigenvalue weighted by atomic mass is 9.63. The van der Waals surface area contributed by atoms with Crippen LogP contribution < -0.4 is 5.32 Å². The van der Waals surface area contributed by atoms with Gasteiger partial charge in [-0.2, -0.15) is 5.26 Å². The molecule has 1 aliphatic rings. The lowest BCUT2D eigenvalue weighted by molar-refractivity contribution is -0.134. The molecule has 1 atom stereocenters. The van der Waals surface area contributed by atoms with E-state index >= 15 is 0 Å². The molecular formula is C15H27N3O. The highest BCUT2D eigenvalue weighted by Gasteiger charge is 2.49. The molecule has 0 bridgehead atoms. The molecule has 1 amide bonds. The quantitative estimate of drug-likeness (QED) is 0.799. The zero-order valence-corrected chi connectivity index (χ0v) is 12.9. The highest BCUT2D eigenvalue weighted by molar-refractivity contribution is 5.86. The second-order valence-electron chi connectivity index (χ2n) is 6.77. The third-order valence-electron chi connectivity index (χ3n) is 3.72. The van der Waals surface area contributed by atoms with Crippen molar-refractivity contribution in [1.82, 2.24) is 10.2 Å². The van der Waals surface area contributed by atoms with E-state index in [1.807, 2.05) is 14.1 Å². The molecule has 0 aromatic heterocycles. The molecule has 4 heteroatoms. The molecule has 1 aliphatic carbocycles. The van der Waals surface area contributed by atoms with Crippen LogP contribution in [-0.2, 0) is 4.79 Å². The van der Waals surface area contributed by atoms with Crippen LogP contribution in [0.15, 0.2) is 0 Å². The first kappa shape index (κ1) is 16.0. The van der Waals surface area contributed by atoms with Gasteiger partial charge in [0.05, 0.1) is 6.07 Å². The Labute approximate surface area is 117 Å². The lowest BCUT2D eigenvalue weighted by Gasteiger charge is -2.40. The Bertz CT molecular complexity index is 341. The molecule has 1 rings (SSSR count). The van der Waals surface area contributed by atoms with E-state index in [9.17, 15) is 10.1 Å². The minimum absolute atomic E-state index is 0.0689. The third kappa shape index (κ3) is 4.21. The van der Waals surface area contributed by atoms with E-state index < -0.39 is 5.41 Å². The minimum atomic E-state index is -0.763. The zero-order chi connectivity index (χ0) is 14.6. The maximum atomic E-state index is 12.3. The number of carbonyl (C=O) groups is 1. The Morgan fingerprint density at radius 3 is 2.42 bits per heavy atom. The van der Waals surface area contributed by atoms with Gasteiger partial charge in [-0.1, -0.05) is 20.8 Å². The molecule has 1 N–H and O–H groups in total. The summed E-state index contributed by atoms with van der Waals surface area (Å²) in [7, 11) is 4.01. The van der Waals surface area contributed by atoms with Crippen molar-refractivity contribution >= 4 is 5.91 Å². The van der Waals surface area contributed by atoms with Crippen LogP contribution in [0.4, 0.5) is 0 Å². The summed E-state index contributed by atoms with van der Waals surface area (Å²) in [6, 6.07) is 2.36. The van der Waals surface area contributed by atoms with E-state index in [0.29, 0.717) is 24.7 Å². The van der Waals surface area contributed by atoms with Crippen molar-refractivity contribution in [3.05, 3.63) is 0 Å². The summed E-state index contributed by atoms with van der Waals surface area (Å²) in [4.78, 5) is 14.4. The molecule has 0 aliphatic heterocycles. The summed E-state index contributed by atoms with van der Waals surface area (Å²) in [5.74, 6) is 0.951. The van der Waals surface area contributed by atoms with Gasteiger partial charge in [0, 0.05) is 12.6 Å². The van der Waals surface area contributed by atoms with Crippen molar-refractivity contribution in [2.24, 2.45) is 17.3 Å². The first-order valence-corrected chi connectivity index (χ1v) is 7.16. The van der Waals surface area contributed by atoms with Crippen molar-refractivity contribution in [2.45, 2.75) is 46.1 Å².